The zero-order valence-corrected chi connectivity index (χ0v) is 21.6. The molecule has 2 N–H and O–H groups in total. The summed E-state index contributed by atoms with van der Waals surface area (Å²) in [5.74, 6) is 1.12. The maximum atomic E-state index is 11.7. The molecule has 8 nitrogen and oxygen atoms in total. The number of aromatic nitrogens is 2. The molecule has 0 fully saturated rings. The van der Waals surface area contributed by atoms with Gasteiger partial charge in [0.2, 0.25) is 11.6 Å². The first kappa shape index (κ1) is 28.3. The maximum Gasteiger partial charge on any atom is 0.353 e. The van der Waals surface area contributed by atoms with Crippen molar-refractivity contribution >= 4 is 23.0 Å². The van der Waals surface area contributed by atoms with Crippen LogP contribution in [-0.2, 0) is 0 Å². The van der Waals surface area contributed by atoms with Gasteiger partial charge in [0.15, 0.2) is 0 Å². The molecule has 1 aromatic carbocycles. The molecular weight excluding hydrogens is 442 g/mol. The van der Waals surface area contributed by atoms with Crippen molar-refractivity contribution in [1.29, 1.82) is 0 Å². The van der Waals surface area contributed by atoms with E-state index in [-0.39, 0.29) is 17.3 Å². The van der Waals surface area contributed by atoms with E-state index in [1.54, 1.807) is 31.4 Å². The van der Waals surface area contributed by atoms with E-state index in [4.69, 9.17) is 4.74 Å². The Balaban J connectivity index is 1.63. The van der Waals surface area contributed by atoms with Gasteiger partial charge in [-0.15, -0.1) is 0 Å². The number of anilines is 3. The fourth-order valence-electron chi connectivity index (χ4n) is 4.11. The van der Waals surface area contributed by atoms with Crippen molar-refractivity contribution in [2.24, 2.45) is 0 Å². The largest absolute Gasteiger partial charge is 0.497 e. The van der Waals surface area contributed by atoms with Crippen molar-refractivity contribution in [2.75, 3.05) is 24.3 Å². The second-order valence-electron chi connectivity index (χ2n) is 9.05. The molecule has 1 aromatic heterocycles. The summed E-state index contributed by atoms with van der Waals surface area (Å²) in [5, 5.41) is 17.9. The smallest absolute Gasteiger partial charge is 0.353 e. The molecule has 0 aliphatic carbocycles. The van der Waals surface area contributed by atoms with Crippen molar-refractivity contribution < 1.29 is 9.66 Å². The first-order valence-electron chi connectivity index (χ1n) is 13.3. The average molecular weight is 486 g/mol. The number of rotatable bonds is 20. The highest BCUT2D eigenvalue weighted by Gasteiger charge is 2.22. The number of nitro groups is 1. The Morgan fingerprint density at radius 2 is 1.31 bits per heavy atom. The molecule has 0 radical (unpaired) electrons. The van der Waals surface area contributed by atoms with Crippen LogP contribution in [0.25, 0.3) is 0 Å². The lowest BCUT2D eigenvalue weighted by Gasteiger charge is -2.10. The molecule has 2 rings (SSSR count). The number of benzene rings is 1. The zero-order valence-electron chi connectivity index (χ0n) is 21.6. The van der Waals surface area contributed by atoms with Gasteiger partial charge in [0.25, 0.3) is 0 Å². The average Bonchev–Trinajstić information content (AvgIpc) is 2.86. The lowest BCUT2D eigenvalue weighted by molar-refractivity contribution is -0.383. The van der Waals surface area contributed by atoms with Gasteiger partial charge in [0, 0.05) is 12.2 Å². The summed E-state index contributed by atoms with van der Waals surface area (Å²) in [6.07, 6.45) is 19.6. The first-order valence-corrected chi connectivity index (χ1v) is 13.3. The van der Waals surface area contributed by atoms with Crippen molar-refractivity contribution in [2.45, 2.75) is 96.8 Å². The number of unbranched alkanes of at least 4 members (excludes halogenated alkanes) is 13. The molecule has 0 saturated carbocycles. The lowest BCUT2D eigenvalue weighted by Crippen LogP contribution is -2.09. The van der Waals surface area contributed by atoms with Gasteiger partial charge in [-0.05, 0) is 30.7 Å². The zero-order chi connectivity index (χ0) is 25.1. The van der Waals surface area contributed by atoms with Gasteiger partial charge in [0.05, 0.1) is 12.0 Å². The van der Waals surface area contributed by atoms with Gasteiger partial charge in [-0.25, -0.2) is 9.97 Å². The van der Waals surface area contributed by atoms with Crippen LogP contribution in [-0.4, -0.2) is 28.5 Å². The second kappa shape index (κ2) is 17.5. The number of nitrogens with one attached hydrogen (secondary N) is 2. The lowest BCUT2D eigenvalue weighted by atomic mass is 10.0. The van der Waals surface area contributed by atoms with E-state index in [1.807, 2.05) is 0 Å². The normalized spacial score (nSPS) is 10.8. The summed E-state index contributed by atoms with van der Waals surface area (Å²) in [6.45, 7) is 2.91. The van der Waals surface area contributed by atoms with Gasteiger partial charge >= 0.3 is 5.69 Å². The number of methoxy groups -OCH3 is 1. The third-order valence-corrected chi connectivity index (χ3v) is 6.18. The van der Waals surface area contributed by atoms with Crippen molar-refractivity contribution in [3.05, 3.63) is 40.7 Å². The Bertz CT molecular complexity index is 845. The minimum Gasteiger partial charge on any atom is -0.497 e. The molecule has 0 aliphatic rings. The molecular formula is C27H43N5O3. The quantitative estimate of drug-likeness (QED) is 0.111. The maximum absolute atomic E-state index is 11.7. The van der Waals surface area contributed by atoms with Crippen LogP contribution in [0.5, 0.6) is 5.75 Å². The highest BCUT2D eigenvalue weighted by atomic mass is 16.6. The summed E-state index contributed by atoms with van der Waals surface area (Å²) in [5.41, 5.74) is 0.541. The predicted molar refractivity (Wildman–Crippen MR) is 144 cm³/mol. The van der Waals surface area contributed by atoms with Crippen LogP contribution in [0.3, 0.4) is 0 Å². The molecule has 8 heteroatoms. The topological polar surface area (TPSA) is 102 Å². The molecule has 0 atom stereocenters. The monoisotopic (exact) mass is 485 g/mol. The standard InChI is InChI=1S/C27H43N5O3/c1-3-4-5-6-7-8-9-10-11-12-13-14-15-16-21-28-26-25(32(33)34)27(30-22-29-26)31-23-17-19-24(35-2)20-18-23/h17-20,22H,3-16,21H2,1-2H3,(H2,28,29,30,31). The highest BCUT2D eigenvalue weighted by Crippen LogP contribution is 2.31. The SMILES string of the molecule is CCCCCCCCCCCCCCCCNc1ncnc(Nc2ccc(OC)cc2)c1[N+](=O)[O-]. The first-order chi connectivity index (χ1) is 17.2. The van der Waals surface area contributed by atoms with Crippen LogP contribution in [0.2, 0.25) is 0 Å². The van der Waals surface area contributed by atoms with Crippen molar-refractivity contribution in [1.82, 2.24) is 9.97 Å². The third kappa shape index (κ3) is 11.4. The fourth-order valence-corrected chi connectivity index (χ4v) is 4.11. The molecule has 0 aliphatic heterocycles. The van der Waals surface area contributed by atoms with Gasteiger partial charge in [-0.3, -0.25) is 10.1 Å². The van der Waals surface area contributed by atoms with Crippen LogP contribution in [0, 0.1) is 10.1 Å². The van der Waals surface area contributed by atoms with Crippen LogP contribution >= 0.6 is 0 Å². The second-order valence-corrected chi connectivity index (χ2v) is 9.05. The Labute approximate surface area is 210 Å². The Hall–Kier alpha value is -2.90. The minimum absolute atomic E-state index is 0.145. The van der Waals surface area contributed by atoms with E-state index < -0.39 is 4.92 Å². The highest BCUT2D eigenvalue weighted by molar-refractivity contribution is 5.73. The molecule has 0 spiro atoms. The van der Waals surface area contributed by atoms with E-state index in [0.29, 0.717) is 18.0 Å². The summed E-state index contributed by atoms with van der Waals surface area (Å²) >= 11 is 0. The van der Waals surface area contributed by atoms with Crippen LogP contribution in [0.15, 0.2) is 30.6 Å². The summed E-state index contributed by atoms with van der Waals surface area (Å²) in [6, 6.07) is 7.13. The van der Waals surface area contributed by atoms with Crippen molar-refractivity contribution in [3.8, 4) is 5.75 Å². The molecule has 2 aromatic rings. The van der Waals surface area contributed by atoms with E-state index in [2.05, 4.69) is 27.5 Å². The molecule has 0 saturated heterocycles. The number of nitrogens with zero attached hydrogens (tertiary/aromatic N) is 3. The minimum atomic E-state index is -0.445. The molecule has 1 heterocycles. The summed E-state index contributed by atoms with van der Waals surface area (Å²) in [4.78, 5) is 19.5. The molecule has 35 heavy (non-hydrogen) atoms. The molecule has 0 bridgehead atoms. The van der Waals surface area contributed by atoms with Crippen molar-refractivity contribution in [3.63, 3.8) is 0 Å². The van der Waals surface area contributed by atoms with Gasteiger partial charge in [-0.2, -0.15) is 0 Å². The van der Waals surface area contributed by atoms with Gasteiger partial charge in [0.1, 0.15) is 12.1 Å². The number of ether oxygens (including phenoxy) is 1. The Morgan fingerprint density at radius 1 is 0.800 bits per heavy atom. The Morgan fingerprint density at radius 3 is 1.83 bits per heavy atom. The van der Waals surface area contributed by atoms with Gasteiger partial charge in [-0.1, -0.05) is 90.4 Å². The predicted octanol–water partition coefficient (Wildman–Crippen LogP) is 8.03. The van der Waals surface area contributed by atoms with Crippen LogP contribution in [0.1, 0.15) is 96.8 Å². The van der Waals surface area contributed by atoms with Gasteiger partial charge < -0.3 is 15.4 Å². The third-order valence-electron chi connectivity index (χ3n) is 6.18. The summed E-state index contributed by atoms with van der Waals surface area (Å²) < 4.78 is 5.15. The van der Waals surface area contributed by atoms with Crippen LogP contribution < -0.4 is 15.4 Å². The molecule has 0 amide bonds. The van der Waals surface area contributed by atoms with E-state index in [9.17, 15) is 10.1 Å². The summed E-state index contributed by atoms with van der Waals surface area (Å²) in [7, 11) is 1.59. The molecule has 194 valence electrons. The van der Waals surface area contributed by atoms with E-state index in [0.717, 1.165) is 12.8 Å². The number of hydrogen-bond donors (Lipinski definition) is 2. The molecule has 0 unspecified atom stereocenters. The fraction of sp³-hybridized carbons (Fsp3) is 0.630. The van der Waals surface area contributed by atoms with E-state index in [1.165, 1.54) is 83.4 Å². The Kier molecular flexibility index (Phi) is 14.2. The number of hydrogen-bond acceptors (Lipinski definition) is 7. The van der Waals surface area contributed by atoms with Crippen LogP contribution in [0.4, 0.5) is 23.0 Å². The van der Waals surface area contributed by atoms with E-state index >= 15 is 0 Å².